The zero-order valence-electron chi connectivity index (χ0n) is 24.8. The van der Waals surface area contributed by atoms with Gasteiger partial charge in [-0.2, -0.15) is 0 Å². The molecule has 0 radical (unpaired) electrons. The molecule has 2 aromatic carbocycles. The van der Waals surface area contributed by atoms with Crippen LogP contribution in [0.2, 0.25) is 0 Å². The molecule has 3 aromatic rings. The van der Waals surface area contributed by atoms with Gasteiger partial charge in [-0.05, 0) is 84.3 Å². The van der Waals surface area contributed by atoms with E-state index in [1.807, 2.05) is 44.2 Å². The van der Waals surface area contributed by atoms with Crippen LogP contribution in [0.5, 0.6) is 5.75 Å². The van der Waals surface area contributed by atoms with Gasteiger partial charge in [0.05, 0.1) is 5.25 Å². The summed E-state index contributed by atoms with van der Waals surface area (Å²) in [6, 6.07) is 13.9. The molecule has 0 aliphatic carbocycles. The minimum atomic E-state index is -0.711. The summed E-state index contributed by atoms with van der Waals surface area (Å²) in [5, 5.41) is 4.96. The van der Waals surface area contributed by atoms with E-state index in [2.05, 4.69) is 34.7 Å². The highest BCUT2D eigenvalue weighted by Gasteiger charge is 2.31. The number of benzene rings is 2. The molecule has 2 atom stereocenters. The normalized spacial score (nSPS) is 15.0. The monoisotopic (exact) mass is 605 g/mol. The maximum absolute atomic E-state index is 11.8. The highest BCUT2D eigenvalue weighted by Crippen LogP contribution is 2.34. The molecule has 0 saturated carbocycles. The molecule has 1 unspecified atom stereocenters. The van der Waals surface area contributed by atoms with Gasteiger partial charge in [-0.1, -0.05) is 36.0 Å². The Morgan fingerprint density at radius 3 is 2.37 bits per heavy atom. The number of ether oxygens (including phenoxy) is 3. The van der Waals surface area contributed by atoms with Gasteiger partial charge in [-0.15, -0.1) is 0 Å². The minimum Gasteiger partial charge on any atom is -0.490 e. The van der Waals surface area contributed by atoms with Crippen LogP contribution in [0.25, 0.3) is 11.1 Å². The van der Waals surface area contributed by atoms with Crippen molar-refractivity contribution in [1.82, 2.24) is 10.3 Å². The number of hydrogen-bond acceptors (Lipinski definition) is 10. The highest BCUT2D eigenvalue weighted by molar-refractivity contribution is 8.15. The van der Waals surface area contributed by atoms with Crippen LogP contribution in [-0.2, 0) is 36.8 Å². The van der Waals surface area contributed by atoms with Crippen LogP contribution in [0.3, 0.4) is 0 Å². The van der Waals surface area contributed by atoms with E-state index < -0.39 is 23.3 Å². The standard InChI is InChI=1S/C32H35N3O7S/c1-18-11-25(41-17-26(42-22(5)37)16-40-21(4)36)12-19(2)30(18)27-8-6-7-24(20(27)3)15-34-29-10-9-23(14-33-29)13-28-31(38)35-32(39)43-28/h6-12,14,26,28H,13,15-17H2,1-5H3,(H,33,34)(H,35,38,39)/t26-,28?/m1/s1. The number of aromatic nitrogens is 1. The average Bonchev–Trinajstić information content (AvgIpc) is 3.26. The van der Waals surface area contributed by atoms with Crippen molar-refractivity contribution in [2.75, 3.05) is 18.5 Å². The first kappa shape index (κ1) is 31.6. The Kier molecular flexibility index (Phi) is 10.4. The van der Waals surface area contributed by atoms with Crippen LogP contribution in [0.4, 0.5) is 10.6 Å². The maximum atomic E-state index is 11.8. The number of rotatable bonds is 12. The minimum absolute atomic E-state index is 0.0504. The Hall–Kier alpha value is -4.38. The van der Waals surface area contributed by atoms with E-state index in [4.69, 9.17) is 14.2 Å². The molecule has 10 nitrogen and oxygen atoms in total. The molecule has 1 saturated heterocycles. The summed E-state index contributed by atoms with van der Waals surface area (Å²) >= 11 is 1.01. The van der Waals surface area contributed by atoms with Gasteiger partial charge in [-0.3, -0.25) is 24.5 Å². The lowest BCUT2D eigenvalue weighted by molar-refractivity contribution is -0.158. The number of thioether (sulfide) groups is 1. The second kappa shape index (κ2) is 14.2. The molecule has 2 amide bonds. The third-order valence-electron chi connectivity index (χ3n) is 6.94. The van der Waals surface area contributed by atoms with Crippen molar-refractivity contribution in [3.8, 4) is 16.9 Å². The lowest BCUT2D eigenvalue weighted by Gasteiger charge is -2.20. The SMILES string of the molecule is CC(=O)OC[C@H](COc1cc(C)c(-c2cccc(CNc3ccc(CC4SC(=O)NC4=O)cn3)c2C)c(C)c1)OC(C)=O. The Bertz CT molecular complexity index is 1500. The summed E-state index contributed by atoms with van der Waals surface area (Å²) in [5.74, 6) is 0.142. The van der Waals surface area contributed by atoms with Gasteiger partial charge in [0.2, 0.25) is 5.91 Å². The molecular weight excluding hydrogens is 570 g/mol. The van der Waals surface area contributed by atoms with Gasteiger partial charge in [0.25, 0.3) is 5.24 Å². The molecule has 4 rings (SSSR count). The molecule has 0 bridgehead atoms. The highest BCUT2D eigenvalue weighted by atomic mass is 32.2. The Morgan fingerprint density at radius 2 is 1.77 bits per heavy atom. The number of nitrogens with zero attached hydrogens (tertiary/aromatic N) is 1. The summed E-state index contributed by atoms with van der Waals surface area (Å²) in [4.78, 5) is 50.4. The first-order valence-corrected chi connectivity index (χ1v) is 14.7. The zero-order valence-corrected chi connectivity index (χ0v) is 25.6. The largest absolute Gasteiger partial charge is 0.490 e. The molecule has 1 aromatic heterocycles. The number of esters is 2. The summed E-state index contributed by atoms with van der Waals surface area (Å²) in [7, 11) is 0. The molecule has 1 aliphatic rings. The lowest BCUT2D eigenvalue weighted by atomic mass is 9.90. The van der Waals surface area contributed by atoms with Crippen LogP contribution in [0, 0.1) is 20.8 Å². The van der Waals surface area contributed by atoms with E-state index >= 15 is 0 Å². The Morgan fingerprint density at radius 1 is 1.02 bits per heavy atom. The number of carbonyl (C=O) groups is 4. The number of amides is 2. The number of imide groups is 1. The third kappa shape index (κ3) is 8.57. The van der Waals surface area contributed by atoms with E-state index in [9.17, 15) is 19.2 Å². The molecule has 2 heterocycles. The smallest absolute Gasteiger partial charge is 0.303 e. The predicted octanol–water partition coefficient (Wildman–Crippen LogP) is 5.05. The molecule has 11 heteroatoms. The molecule has 43 heavy (non-hydrogen) atoms. The quantitative estimate of drug-likeness (QED) is 0.270. The molecule has 1 aliphatic heterocycles. The van der Waals surface area contributed by atoms with Gasteiger partial charge >= 0.3 is 11.9 Å². The summed E-state index contributed by atoms with van der Waals surface area (Å²) < 4.78 is 16.1. The Labute approximate surface area is 254 Å². The lowest BCUT2D eigenvalue weighted by Crippen LogP contribution is -2.29. The first-order valence-electron chi connectivity index (χ1n) is 13.8. The number of pyridine rings is 1. The summed E-state index contributed by atoms with van der Waals surface area (Å²) in [6.07, 6.45) is 1.46. The van der Waals surface area contributed by atoms with Crippen molar-refractivity contribution in [2.24, 2.45) is 0 Å². The second-order valence-electron chi connectivity index (χ2n) is 10.4. The van der Waals surface area contributed by atoms with Crippen LogP contribution in [0.1, 0.15) is 41.7 Å². The molecule has 0 spiro atoms. The summed E-state index contributed by atoms with van der Waals surface area (Å²) in [5.41, 5.74) is 7.42. The number of anilines is 1. The summed E-state index contributed by atoms with van der Waals surface area (Å²) in [6.45, 7) is 9.28. The fourth-order valence-electron chi connectivity index (χ4n) is 4.91. The van der Waals surface area contributed by atoms with Gasteiger partial charge in [-0.25, -0.2) is 4.98 Å². The van der Waals surface area contributed by atoms with E-state index in [0.29, 0.717) is 24.5 Å². The average molecular weight is 606 g/mol. The number of hydrogen-bond donors (Lipinski definition) is 2. The zero-order chi connectivity index (χ0) is 31.1. The van der Waals surface area contributed by atoms with Crippen molar-refractivity contribution in [3.05, 3.63) is 76.5 Å². The van der Waals surface area contributed by atoms with E-state index in [0.717, 1.165) is 50.7 Å². The van der Waals surface area contributed by atoms with Gasteiger partial charge < -0.3 is 19.5 Å². The second-order valence-corrected chi connectivity index (χ2v) is 11.5. The first-order chi connectivity index (χ1) is 20.5. The van der Waals surface area contributed by atoms with E-state index in [1.165, 1.54) is 13.8 Å². The third-order valence-corrected chi connectivity index (χ3v) is 7.92. The predicted molar refractivity (Wildman–Crippen MR) is 164 cm³/mol. The number of nitrogens with one attached hydrogen (secondary N) is 2. The van der Waals surface area contributed by atoms with Crippen molar-refractivity contribution in [3.63, 3.8) is 0 Å². The molecule has 226 valence electrons. The maximum Gasteiger partial charge on any atom is 0.303 e. The van der Waals surface area contributed by atoms with E-state index in [-0.39, 0.29) is 24.4 Å². The Balaban J connectivity index is 1.42. The van der Waals surface area contributed by atoms with Crippen LogP contribution in [0.15, 0.2) is 48.7 Å². The van der Waals surface area contributed by atoms with Crippen LogP contribution < -0.4 is 15.4 Å². The van der Waals surface area contributed by atoms with E-state index in [1.54, 1.807) is 6.20 Å². The van der Waals surface area contributed by atoms with Gasteiger partial charge in [0.15, 0.2) is 6.10 Å². The van der Waals surface area contributed by atoms with Crippen molar-refractivity contribution >= 4 is 40.7 Å². The molecular formula is C32H35N3O7S. The molecule has 2 N–H and O–H groups in total. The van der Waals surface area contributed by atoms with Crippen molar-refractivity contribution < 1.29 is 33.4 Å². The number of carbonyl (C=O) groups excluding carboxylic acids is 4. The van der Waals surface area contributed by atoms with Gasteiger partial charge in [0, 0.05) is 26.6 Å². The van der Waals surface area contributed by atoms with Crippen LogP contribution in [-0.4, -0.2) is 52.6 Å². The van der Waals surface area contributed by atoms with Gasteiger partial charge in [0.1, 0.15) is 24.8 Å². The topological polar surface area (TPSA) is 133 Å². The fourth-order valence-corrected chi connectivity index (χ4v) is 5.77. The fraction of sp³-hybridized carbons (Fsp3) is 0.344. The molecule has 1 fully saturated rings. The number of aryl methyl sites for hydroxylation is 2. The van der Waals surface area contributed by atoms with Crippen molar-refractivity contribution in [1.29, 1.82) is 0 Å². The van der Waals surface area contributed by atoms with Crippen LogP contribution >= 0.6 is 11.8 Å². The van der Waals surface area contributed by atoms with Crippen molar-refractivity contribution in [2.45, 2.75) is 58.9 Å².